The van der Waals surface area contributed by atoms with Crippen molar-refractivity contribution < 1.29 is 9.21 Å². The maximum Gasteiger partial charge on any atom is 0.417 e. The van der Waals surface area contributed by atoms with Crippen molar-refractivity contribution in [2.24, 2.45) is 0 Å². The summed E-state index contributed by atoms with van der Waals surface area (Å²) in [5, 5.41) is 9.37. The summed E-state index contributed by atoms with van der Waals surface area (Å²) in [5.74, 6) is -0.784. The van der Waals surface area contributed by atoms with Crippen LogP contribution in [0.5, 0.6) is 0 Å². The maximum absolute atomic E-state index is 12.1. The fraction of sp³-hybridized carbons (Fsp3) is 0.154. The van der Waals surface area contributed by atoms with E-state index in [1.807, 2.05) is 6.92 Å². The lowest BCUT2D eigenvalue weighted by Gasteiger charge is -2.11. The number of aromatic amines is 2. The highest BCUT2D eigenvalue weighted by Gasteiger charge is 2.13. The molecule has 3 N–H and O–H groups in total. The fourth-order valence-corrected chi connectivity index (χ4v) is 1.95. The van der Waals surface area contributed by atoms with E-state index in [-0.39, 0.29) is 11.9 Å². The van der Waals surface area contributed by atoms with Gasteiger partial charge in [-0.2, -0.15) is 5.10 Å². The first-order valence-electron chi connectivity index (χ1n) is 6.06. The van der Waals surface area contributed by atoms with Crippen LogP contribution in [0.25, 0.3) is 11.1 Å². The lowest BCUT2D eigenvalue weighted by Crippen LogP contribution is -2.26. The summed E-state index contributed by atoms with van der Waals surface area (Å²) < 4.78 is 4.93. The topological polar surface area (TPSA) is 104 Å². The number of hydrogen-bond acceptors (Lipinski definition) is 4. The van der Waals surface area contributed by atoms with Crippen LogP contribution >= 0.6 is 0 Å². The van der Waals surface area contributed by atoms with E-state index in [1.165, 1.54) is 6.07 Å². The second-order valence-corrected chi connectivity index (χ2v) is 4.45. The van der Waals surface area contributed by atoms with Crippen LogP contribution in [0.2, 0.25) is 0 Å². The number of nitrogens with zero attached hydrogens (tertiary/aromatic N) is 1. The number of aromatic nitrogens is 3. The van der Waals surface area contributed by atoms with Crippen molar-refractivity contribution in [3.05, 3.63) is 52.3 Å². The first-order valence-corrected chi connectivity index (χ1v) is 6.06. The van der Waals surface area contributed by atoms with Gasteiger partial charge in [-0.25, -0.2) is 4.79 Å². The van der Waals surface area contributed by atoms with Crippen molar-refractivity contribution in [2.75, 3.05) is 0 Å². The van der Waals surface area contributed by atoms with E-state index in [4.69, 9.17) is 4.42 Å². The van der Waals surface area contributed by atoms with Gasteiger partial charge in [0.05, 0.1) is 17.8 Å². The number of H-pyrrole nitrogens is 2. The Morgan fingerprint density at radius 2 is 2.30 bits per heavy atom. The van der Waals surface area contributed by atoms with Gasteiger partial charge in [0.1, 0.15) is 0 Å². The molecular weight excluding hydrogens is 260 g/mol. The molecule has 3 aromatic rings. The van der Waals surface area contributed by atoms with Crippen molar-refractivity contribution in [2.45, 2.75) is 13.0 Å². The van der Waals surface area contributed by atoms with E-state index >= 15 is 0 Å². The van der Waals surface area contributed by atoms with E-state index < -0.39 is 5.76 Å². The zero-order chi connectivity index (χ0) is 14.1. The third-order valence-electron chi connectivity index (χ3n) is 3.05. The van der Waals surface area contributed by atoms with E-state index in [0.29, 0.717) is 16.7 Å². The van der Waals surface area contributed by atoms with Crippen molar-refractivity contribution in [1.29, 1.82) is 0 Å². The molecule has 0 fully saturated rings. The van der Waals surface area contributed by atoms with E-state index in [9.17, 15) is 9.59 Å². The molecule has 0 aliphatic heterocycles. The molecule has 0 saturated heterocycles. The second-order valence-electron chi connectivity index (χ2n) is 4.45. The number of rotatable bonds is 3. The highest BCUT2D eigenvalue weighted by molar-refractivity contribution is 5.97. The summed E-state index contributed by atoms with van der Waals surface area (Å²) in [7, 11) is 0. The number of benzene rings is 1. The second kappa shape index (κ2) is 4.69. The van der Waals surface area contributed by atoms with Crippen molar-refractivity contribution in [3.8, 4) is 0 Å². The summed E-state index contributed by atoms with van der Waals surface area (Å²) >= 11 is 0. The van der Waals surface area contributed by atoms with Gasteiger partial charge in [-0.3, -0.25) is 14.9 Å². The smallest absolute Gasteiger partial charge is 0.408 e. The van der Waals surface area contributed by atoms with Crippen LogP contribution in [0.4, 0.5) is 0 Å². The zero-order valence-electron chi connectivity index (χ0n) is 10.6. The molecule has 7 heteroatoms. The molecule has 7 nitrogen and oxygen atoms in total. The predicted molar refractivity (Wildman–Crippen MR) is 71.3 cm³/mol. The molecular formula is C13H12N4O3. The monoisotopic (exact) mass is 272 g/mol. The standard InChI is InChI=1S/C13H12N4O3/c1-7(9-5-14-15-6-9)16-12(18)8-2-3-10-11(4-8)20-13(19)17-10/h2-7H,1H3,(H,14,15)(H,16,18)(H,17,19). The summed E-state index contributed by atoms with van der Waals surface area (Å²) in [6, 6.07) is 4.63. The van der Waals surface area contributed by atoms with E-state index in [2.05, 4.69) is 20.5 Å². The molecule has 1 atom stereocenters. The summed E-state index contributed by atoms with van der Waals surface area (Å²) in [6.07, 6.45) is 3.37. The Balaban J connectivity index is 1.83. The molecule has 0 aliphatic rings. The molecule has 102 valence electrons. The Labute approximate surface area is 113 Å². The Hall–Kier alpha value is -2.83. The van der Waals surface area contributed by atoms with Crippen molar-refractivity contribution >= 4 is 17.0 Å². The van der Waals surface area contributed by atoms with Crippen molar-refractivity contribution in [3.63, 3.8) is 0 Å². The lowest BCUT2D eigenvalue weighted by molar-refractivity contribution is 0.0940. The Morgan fingerprint density at radius 3 is 3.05 bits per heavy atom. The molecule has 0 radical (unpaired) electrons. The number of nitrogens with one attached hydrogen (secondary N) is 3. The van der Waals surface area contributed by atoms with Gasteiger partial charge in [0, 0.05) is 17.3 Å². The molecule has 0 spiro atoms. The molecule has 1 amide bonds. The van der Waals surface area contributed by atoms with E-state index in [0.717, 1.165) is 5.56 Å². The largest absolute Gasteiger partial charge is 0.417 e. The lowest BCUT2D eigenvalue weighted by atomic mass is 10.1. The Bertz CT molecular complexity index is 801. The predicted octanol–water partition coefficient (Wildman–Crippen LogP) is 1.34. The van der Waals surface area contributed by atoms with Crippen LogP contribution in [0.1, 0.15) is 28.9 Å². The molecule has 1 aromatic carbocycles. The molecule has 0 bridgehead atoms. The number of fused-ring (bicyclic) bond motifs is 1. The third kappa shape index (κ3) is 2.20. The van der Waals surface area contributed by atoms with Gasteiger partial charge in [0.2, 0.25) is 0 Å². The number of carbonyl (C=O) groups is 1. The van der Waals surface area contributed by atoms with Gasteiger partial charge in [-0.05, 0) is 25.1 Å². The average Bonchev–Trinajstić information content (AvgIpc) is 3.05. The quantitative estimate of drug-likeness (QED) is 0.669. The van der Waals surface area contributed by atoms with Gasteiger partial charge in [-0.1, -0.05) is 0 Å². The highest BCUT2D eigenvalue weighted by atomic mass is 16.4. The van der Waals surface area contributed by atoms with Gasteiger partial charge in [0.25, 0.3) is 5.91 Å². The van der Waals surface area contributed by atoms with Crippen LogP contribution in [0.3, 0.4) is 0 Å². The van der Waals surface area contributed by atoms with Gasteiger partial charge < -0.3 is 9.73 Å². The Kier molecular flexibility index (Phi) is 2.86. The number of amides is 1. The summed E-state index contributed by atoms with van der Waals surface area (Å²) in [6.45, 7) is 1.86. The van der Waals surface area contributed by atoms with Crippen LogP contribution < -0.4 is 11.1 Å². The number of carbonyl (C=O) groups excluding carboxylic acids is 1. The molecule has 3 rings (SSSR count). The highest BCUT2D eigenvalue weighted by Crippen LogP contribution is 2.14. The minimum atomic E-state index is -0.538. The molecule has 2 heterocycles. The first-order chi connectivity index (χ1) is 9.63. The normalized spacial score (nSPS) is 12.4. The number of hydrogen-bond donors (Lipinski definition) is 3. The first kappa shape index (κ1) is 12.2. The van der Waals surface area contributed by atoms with Crippen LogP contribution in [0, 0.1) is 0 Å². The molecule has 0 aliphatic carbocycles. The van der Waals surface area contributed by atoms with Crippen LogP contribution in [-0.4, -0.2) is 21.1 Å². The minimum absolute atomic E-state index is 0.171. The van der Waals surface area contributed by atoms with Crippen LogP contribution in [0.15, 0.2) is 39.8 Å². The van der Waals surface area contributed by atoms with Crippen LogP contribution in [-0.2, 0) is 0 Å². The molecule has 2 aromatic heterocycles. The summed E-state index contributed by atoms with van der Waals surface area (Å²) in [5.41, 5.74) is 2.23. The number of oxazole rings is 1. The third-order valence-corrected chi connectivity index (χ3v) is 3.05. The fourth-order valence-electron chi connectivity index (χ4n) is 1.95. The molecule has 20 heavy (non-hydrogen) atoms. The van der Waals surface area contributed by atoms with Gasteiger partial charge in [0.15, 0.2) is 5.58 Å². The Morgan fingerprint density at radius 1 is 1.45 bits per heavy atom. The minimum Gasteiger partial charge on any atom is -0.408 e. The average molecular weight is 272 g/mol. The van der Waals surface area contributed by atoms with Gasteiger partial charge >= 0.3 is 5.76 Å². The van der Waals surface area contributed by atoms with E-state index in [1.54, 1.807) is 24.5 Å². The zero-order valence-corrected chi connectivity index (χ0v) is 10.6. The molecule has 1 unspecified atom stereocenters. The SMILES string of the molecule is CC(NC(=O)c1ccc2[nH]c(=O)oc2c1)c1cn[nH]c1. The van der Waals surface area contributed by atoms with Crippen molar-refractivity contribution in [1.82, 2.24) is 20.5 Å². The van der Waals surface area contributed by atoms with Gasteiger partial charge in [-0.15, -0.1) is 0 Å². The maximum atomic E-state index is 12.1. The summed E-state index contributed by atoms with van der Waals surface area (Å²) in [4.78, 5) is 25.7. The molecule has 0 saturated carbocycles.